The molecule has 11 heteroatoms. The van der Waals surface area contributed by atoms with E-state index in [0.29, 0.717) is 0 Å². The van der Waals surface area contributed by atoms with Crippen LogP contribution in [0.1, 0.15) is 0 Å². The second kappa shape index (κ2) is 7.63. The molecule has 0 amide bonds. The van der Waals surface area contributed by atoms with Crippen LogP contribution in [-0.4, -0.2) is 115 Å². The van der Waals surface area contributed by atoms with Gasteiger partial charge in [0.2, 0.25) is 0 Å². The third-order valence-electron chi connectivity index (χ3n) is 3.96. The average Bonchev–Trinajstić information content (AvgIpc) is 2.54. The van der Waals surface area contributed by atoms with Crippen LogP contribution in [0.25, 0.3) is 0 Å². The minimum atomic E-state index is -1.74. The first kappa shape index (κ1) is 18.9. The number of aliphatic hydroxyl groups is 8. The SMILES string of the molecule is OC[C@H]1O[C@@H](OC[C@H]2O[C@@H](O)[C@@H](O)[C@@H](O)[C@@H]2O)[C@H](O)[C@@H](O)[C@@H]1O. The van der Waals surface area contributed by atoms with E-state index in [2.05, 4.69) is 0 Å². The van der Waals surface area contributed by atoms with Crippen LogP contribution in [0.5, 0.6) is 0 Å². The zero-order chi connectivity index (χ0) is 17.3. The van der Waals surface area contributed by atoms with Crippen LogP contribution in [0.3, 0.4) is 0 Å². The first-order valence-corrected chi connectivity index (χ1v) is 7.07. The Morgan fingerprint density at radius 2 is 1.22 bits per heavy atom. The van der Waals surface area contributed by atoms with Crippen molar-refractivity contribution in [2.45, 2.75) is 61.4 Å². The Hall–Kier alpha value is -0.440. The van der Waals surface area contributed by atoms with Crippen molar-refractivity contribution < 1.29 is 55.1 Å². The van der Waals surface area contributed by atoms with E-state index in [-0.39, 0.29) is 0 Å². The van der Waals surface area contributed by atoms with Gasteiger partial charge in [0.25, 0.3) is 0 Å². The van der Waals surface area contributed by atoms with E-state index in [1.165, 1.54) is 0 Å². The normalized spacial score (nSPS) is 51.7. The summed E-state index contributed by atoms with van der Waals surface area (Å²) >= 11 is 0. The molecule has 0 aromatic heterocycles. The quantitative estimate of drug-likeness (QED) is 0.243. The molecule has 8 N–H and O–H groups in total. The summed E-state index contributed by atoms with van der Waals surface area (Å²) in [5.41, 5.74) is 0. The fraction of sp³-hybridized carbons (Fsp3) is 1.00. The molecule has 0 aromatic rings. The van der Waals surface area contributed by atoms with Crippen LogP contribution < -0.4 is 0 Å². The van der Waals surface area contributed by atoms with Crippen molar-refractivity contribution in [3.8, 4) is 0 Å². The van der Waals surface area contributed by atoms with Crippen LogP contribution in [0.2, 0.25) is 0 Å². The lowest BCUT2D eigenvalue weighted by Gasteiger charge is -2.41. The molecule has 0 bridgehead atoms. The molecule has 0 spiro atoms. The molecule has 2 saturated heterocycles. The Labute approximate surface area is 130 Å². The second-order valence-corrected chi connectivity index (χ2v) is 5.57. The molecule has 136 valence electrons. The van der Waals surface area contributed by atoms with Crippen molar-refractivity contribution in [3.05, 3.63) is 0 Å². The molecule has 10 atom stereocenters. The van der Waals surface area contributed by atoms with E-state index < -0.39 is 74.6 Å². The topological polar surface area (TPSA) is 190 Å². The minimum absolute atomic E-state index is 0.468. The molecule has 0 aliphatic carbocycles. The molecule has 0 saturated carbocycles. The van der Waals surface area contributed by atoms with Crippen LogP contribution >= 0.6 is 0 Å². The number of aliphatic hydroxyl groups excluding tert-OH is 8. The van der Waals surface area contributed by atoms with E-state index in [1.54, 1.807) is 0 Å². The highest BCUT2D eigenvalue weighted by molar-refractivity contribution is 4.91. The van der Waals surface area contributed by atoms with Crippen molar-refractivity contribution in [1.29, 1.82) is 0 Å². The van der Waals surface area contributed by atoms with Gasteiger partial charge in [0, 0.05) is 0 Å². The Morgan fingerprint density at radius 3 is 1.83 bits per heavy atom. The number of hydrogen-bond acceptors (Lipinski definition) is 11. The maximum atomic E-state index is 9.78. The predicted octanol–water partition coefficient (Wildman–Crippen LogP) is -5.40. The fourth-order valence-electron chi connectivity index (χ4n) is 2.46. The molecular weight excluding hydrogens is 320 g/mol. The standard InChI is InChI=1S/C12H22O11/c13-1-3-5(14)8(17)10(19)12(23-3)21-2-4-6(15)7(16)9(18)11(20)22-4/h3-20H,1-2H2/t3-,4-,5-,6-,7+,8+,9+,10-,11-,12-/m1/s1. The third kappa shape index (κ3) is 3.81. The van der Waals surface area contributed by atoms with E-state index in [1.807, 2.05) is 0 Å². The summed E-state index contributed by atoms with van der Waals surface area (Å²) in [5, 5.41) is 76.1. The summed E-state index contributed by atoms with van der Waals surface area (Å²) < 4.78 is 15.1. The molecule has 0 aromatic carbocycles. The summed E-state index contributed by atoms with van der Waals surface area (Å²) in [6.07, 6.45) is -15.3. The van der Waals surface area contributed by atoms with Gasteiger partial charge in [0.15, 0.2) is 12.6 Å². The highest BCUT2D eigenvalue weighted by Gasteiger charge is 2.46. The molecule has 2 aliphatic heterocycles. The summed E-state index contributed by atoms with van der Waals surface area (Å²) in [7, 11) is 0. The van der Waals surface area contributed by atoms with Gasteiger partial charge in [-0.15, -0.1) is 0 Å². The Balaban J connectivity index is 1.94. The van der Waals surface area contributed by atoms with Crippen molar-refractivity contribution in [3.63, 3.8) is 0 Å². The highest BCUT2D eigenvalue weighted by Crippen LogP contribution is 2.24. The fourth-order valence-corrected chi connectivity index (χ4v) is 2.46. The second-order valence-electron chi connectivity index (χ2n) is 5.57. The van der Waals surface area contributed by atoms with Gasteiger partial charge >= 0.3 is 0 Å². The Morgan fingerprint density at radius 1 is 0.652 bits per heavy atom. The van der Waals surface area contributed by atoms with Gasteiger partial charge in [-0.1, -0.05) is 0 Å². The van der Waals surface area contributed by atoms with Gasteiger partial charge in [0.1, 0.15) is 48.8 Å². The monoisotopic (exact) mass is 342 g/mol. The van der Waals surface area contributed by atoms with Crippen molar-refractivity contribution in [1.82, 2.24) is 0 Å². The van der Waals surface area contributed by atoms with Gasteiger partial charge in [-0.2, -0.15) is 0 Å². The van der Waals surface area contributed by atoms with Crippen LogP contribution in [-0.2, 0) is 14.2 Å². The minimum Gasteiger partial charge on any atom is -0.394 e. The summed E-state index contributed by atoms with van der Waals surface area (Å²) in [5.74, 6) is 0. The molecular formula is C12H22O11. The predicted molar refractivity (Wildman–Crippen MR) is 68.6 cm³/mol. The van der Waals surface area contributed by atoms with E-state index in [0.717, 1.165) is 0 Å². The maximum Gasteiger partial charge on any atom is 0.186 e. The highest BCUT2D eigenvalue weighted by atomic mass is 16.7. The number of ether oxygens (including phenoxy) is 3. The van der Waals surface area contributed by atoms with Crippen LogP contribution in [0.15, 0.2) is 0 Å². The zero-order valence-electron chi connectivity index (χ0n) is 12.0. The van der Waals surface area contributed by atoms with E-state index in [9.17, 15) is 35.7 Å². The van der Waals surface area contributed by atoms with E-state index in [4.69, 9.17) is 19.3 Å². The average molecular weight is 342 g/mol. The molecule has 2 rings (SSSR count). The molecule has 0 unspecified atom stereocenters. The number of hydrogen-bond donors (Lipinski definition) is 8. The Kier molecular flexibility index (Phi) is 6.27. The lowest BCUT2D eigenvalue weighted by atomic mass is 9.98. The molecule has 11 nitrogen and oxygen atoms in total. The van der Waals surface area contributed by atoms with Crippen molar-refractivity contribution in [2.75, 3.05) is 13.2 Å². The summed E-state index contributed by atoms with van der Waals surface area (Å²) in [6.45, 7) is -1.10. The van der Waals surface area contributed by atoms with Gasteiger partial charge in [-0.3, -0.25) is 0 Å². The summed E-state index contributed by atoms with van der Waals surface area (Å²) in [4.78, 5) is 0. The maximum absolute atomic E-state index is 9.78. The summed E-state index contributed by atoms with van der Waals surface area (Å²) in [6, 6.07) is 0. The van der Waals surface area contributed by atoms with Gasteiger partial charge < -0.3 is 55.1 Å². The zero-order valence-corrected chi connectivity index (χ0v) is 12.0. The molecule has 2 heterocycles. The Bertz CT molecular complexity index is 380. The van der Waals surface area contributed by atoms with Crippen molar-refractivity contribution >= 4 is 0 Å². The van der Waals surface area contributed by atoms with Gasteiger partial charge in [0.05, 0.1) is 13.2 Å². The largest absolute Gasteiger partial charge is 0.394 e. The van der Waals surface area contributed by atoms with Gasteiger partial charge in [-0.25, -0.2) is 0 Å². The van der Waals surface area contributed by atoms with Crippen LogP contribution in [0, 0.1) is 0 Å². The first-order valence-electron chi connectivity index (χ1n) is 7.07. The lowest BCUT2D eigenvalue weighted by Crippen LogP contribution is -2.61. The van der Waals surface area contributed by atoms with Crippen LogP contribution in [0.4, 0.5) is 0 Å². The van der Waals surface area contributed by atoms with E-state index >= 15 is 0 Å². The van der Waals surface area contributed by atoms with Gasteiger partial charge in [-0.05, 0) is 0 Å². The molecule has 0 radical (unpaired) electrons. The smallest absolute Gasteiger partial charge is 0.186 e. The first-order chi connectivity index (χ1) is 10.8. The number of rotatable bonds is 4. The lowest BCUT2D eigenvalue weighted by molar-refractivity contribution is -0.325. The molecule has 23 heavy (non-hydrogen) atoms. The molecule has 2 aliphatic rings. The van der Waals surface area contributed by atoms with Crippen molar-refractivity contribution in [2.24, 2.45) is 0 Å². The molecule has 2 fully saturated rings. The third-order valence-corrected chi connectivity index (χ3v) is 3.96.